The Labute approximate surface area is 238 Å². The number of rotatable bonds is 7. The molecule has 1 aromatic carbocycles. The molecule has 0 aliphatic carbocycles. The number of hydrogen-bond acceptors (Lipinski definition) is 7. The van der Waals surface area contributed by atoms with Crippen LogP contribution in [0.5, 0.6) is 5.75 Å². The number of fused-ring (bicyclic) bond motifs is 1. The summed E-state index contributed by atoms with van der Waals surface area (Å²) in [5, 5.41) is 2.90. The summed E-state index contributed by atoms with van der Waals surface area (Å²) in [5.74, 6) is 0.0947. The number of benzene rings is 1. The van der Waals surface area contributed by atoms with Gasteiger partial charge in [0.05, 0.1) is 39.1 Å². The van der Waals surface area contributed by atoms with Gasteiger partial charge in [0, 0.05) is 31.3 Å². The highest BCUT2D eigenvalue weighted by molar-refractivity contribution is 7.18. The number of methoxy groups -OCH3 is 1. The van der Waals surface area contributed by atoms with Crippen molar-refractivity contribution in [2.24, 2.45) is 0 Å². The Morgan fingerprint density at radius 1 is 1.13 bits per heavy atom. The van der Waals surface area contributed by atoms with Crippen LogP contribution in [-0.4, -0.2) is 45.6 Å². The van der Waals surface area contributed by atoms with Crippen LogP contribution < -0.4 is 10.1 Å². The average Bonchev–Trinajstić information content (AvgIpc) is 3.27. The molecule has 8 nitrogen and oxygen atoms in total. The second-order valence-corrected chi connectivity index (χ2v) is 11.0. The molecule has 1 atom stereocenters. The van der Waals surface area contributed by atoms with Crippen molar-refractivity contribution in [1.29, 1.82) is 0 Å². The molecule has 11 heteroatoms. The lowest BCUT2D eigenvalue weighted by molar-refractivity contribution is -0.122. The number of Topliss-reactive ketones (excluding diaryl/α,β-unsaturated/α-hetero) is 1. The maximum atomic E-state index is 13.7. The quantitative estimate of drug-likeness (QED) is 0.310. The molecular formula is C28H22Cl2N4O4S. The van der Waals surface area contributed by atoms with Crippen LogP contribution >= 0.6 is 34.5 Å². The molecule has 2 amide bonds. The van der Waals surface area contributed by atoms with E-state index in [0.29, 0.717) is 37.6 Å². The number of thiophene rings is 1. The molecule has 3 aromatic heterocycles. The Kier molecular flexibility index (Phi) is 7.92. The van der Waals surface area contributed by atoms with E-state index in [4.69, 9.17) is 27.9 Å². The van der Waals surface area contributed by atoms with E-state index in [1.807, 2.05) is 12.1 Å². The summed E-state index contributed by atoms with van der Waals surface area (Å²) in [4.78, 5) is 50.4. The van der Waals surface area contributed by atoms with Gasteiger partial charge < -0.3 is 15.0 Å². The van der Waals surface area contributed by atoms with E-state index < -0.39 is 11.9 Å². The lowest BCUT2D eigenvalue weighted by Crippen LogP contribution is -2.44. The van der Waals surface area contributed by atoms with Gasteiger partial charge in [-0.05, 0) is 53.6 Å². The molecule has 0 bridgehead atoms. The molecule has 5 rings (SSSR count). The molecule has 1 N–H and O–H groups in total. The van der Waals surface area contributed by atoms with Crippen LogP contribution in [0.3, 0.4) is 0 Å². The van der Waals surface area contributed by atoms with Crippen LogP contribution in [0.15, 0.2) is 67.0 Å². The van der Waals surface area contributed by atoms with E-state index in [1.54, 1.807) is 53.6 Å². The van der Waals surface area contributed by atoms with Crippen LogP contribution in [0.1, 0.15) is 36.9 Å². The summed E-state index contributed by atoms with van der Waals surface area (Å²) >= 11 is 13.9. The van der Waals surface area contributed by atoms with Gasteiger partial charge in [-0.3, -0.25) is 19.4 Å². The standard InChI is InChI=1S/C28H22Cl2N4O4S/c1-38-19-6-8-25(32-14-19)33-27(36)20-7-5-16(10-21(20)29)15-34-22(13-18-4-2-3-9-31-18)23(35)11-17-12-24(30)39-26(17)28(34)37/h2-10,12,14,22H,11,13,15H2,1H3,(H,32,33,36). The number of amides is 2. The number of ether oxygens (including phenoxy) is 1. The largest absolute Gasteiger partial charge is 0.495 e. The smallest absolute Gasteiger partial charge is 0.265 e. The fraction of sp³-hybridized carbons (Fsp3) is 0.179. The number of carbonyl (C=O) groups is 3. The van der Waals surface area contributed by atoms with E-state index in [-0.39, 0.29) is 41.7 Å². The van der Waals surface area contributed by atoms with Gasteiger partial charge in [0.2, 0.25) is 0 Å². The van der Waals surface area contributed by atoms with E-state index in [1.165, 1.54) is 13.3 Å². The topological polar surface area (TPSA) is 101 Å². The minimum atomic E-state index is -0.728. The first-order valence-corrected chi connectivity index (χ1v) is 13.5. The number of ketones is 1. The van der Waals surface area contributed by atoms with Crippen molar-refractivity contribution < 1.29 is 19.1 Å². The van der Waals surface area contributed by atoms with Crippen LogP contribution in [0.2, 0.25) is 9.36 Å². The predicted octanol–water partition coefficient (Wildman–Crippen LogP) is 5.48. The van der Waals surface area contributed by atoms with Crippen molar-refractivity contribution in [2.45, 2.75) is 25.4 Å². The predicted molar refractivity (Wildman–Crippen MR) is 150 cm³/mol. The van der Waals surface area contributed by atoms with Gasteiger partial charge in [0.15, 0.2) is 5.78 Å². The van der Waals surface area contributed by atoms with Crippen molar-refractivity contribution in [3.8, 4) is 5.75 Å². The van der Waals surface area contributed by atoms with Gasteiger partial charge in [-0.25, -0.2) is 4.98 Å². The first-order chi connectivity index (χ1) is 18.8. The molecular weight excluding hydrogens is 559 g/mol. The number of anilines is 1. The summed E-state index contributed by atoms with van der Waals surface area (Å²) in [6, 6.07) is 14.6. The maximum Gasteiger partial charge on any atom is 0.265 e. The Morgan fingerprint density at radius 2 is 1.97 bits per heavy atom. The summed E-state index contributed by atoms with van der Waals surface area (Å²) < 4.78 is 5.53. The summed E-state index contributed by atoms with van der Waals surface area (Å²) in [6.07, 6.45) is 3.53. The zero-order valence-electron chi connectivity index (χ0n) is 20.7. The first-order valence-electron chi connectivity index (χ1n) is 11.9. The van der Waals surface area contributed by atoms with Crippen molar-refractivity contribution in [1.82, 2.24) is 14.9 Å². The van der Waals surface area contributed by atoms with Gasteiger partial charge in [-0.1, -0.05) is 35.3 Å². The molecule has 1 aliphatic rings. The van der Waals surface area contributed by atoms with E-state index >= 15 is 0 Å². The van der Waals surface area contributed by atoms with Crippen molar-refractivity contribution >= 4 is 58.0 Å². The maximum absolute atomic E-state index is 13.7. The van der Waals surface area contributed by atoms with Crippen molar-refractivity contribution in [2.75, 3.05) is 12.4 Å². The number of aromatic nitrogens is 2. The van der Waals surface area contributed by atoms with E-state index in [0.717, 1.165) is 11.3 Å². The lowest BCUT2D eigenvalue weighted by atomic mass is 10.0. The molecule has 0 saturated heterocycles. The van der Waals surface area contributed by atoms with Crippen LogP contribution in [-0.2, 0) is 24.2 Å². The third-order valence-corrected chi connectivity index (χ3v) is 7.93. The fourth-order valence-electron chi connectivity index (χ4n) is 4.38. The Hall–Kier alpha value is -3.79. The number of carbonyl (C=O) groups excluding carboxylic acids is 3. The number of halogens is 2. The molecule has 0 saturated carbocycles. The van der Waals surface area contributed by atoms with Crippen LogP contribution in [0, 0.1) is 0 Å². The van der Waals surface area contributed by atoms with Gasteiger partial charge in [-0.15, -0.1) is 11.3 Å². The van der Waals surface area contributed by atoms with Crippen LogP contribution in [0.4, 0.5) is 5.82 Å². The monoisotopic (exact) mass is 580 g/mol. The lowest BCUT2D eigenvalue weighted by Gasteiger charge is -2.29. The molecule has 0 fully saturated rings. The molecule has 0 spiro atoms. The molecule has 1 unspecified atom stereocenters. The summed E-state index contributed by atoms with van der Waals surface area (Å²) in [7, 11) is 1.53. The summed E-state index contributed by atoms with van der Waals surface area (Å²) in [6.45, 7) is 0.110. The highest BCUT2D eigenvalue weighted by Gasteiger charge is 2.37. The number of nitrogens with zero attached hydrogens (tertiary/aromatic N) is 3. The zero-order valence-corrected chi connectivity index (χ0v) is 23.0. The molecule has 39 heavy (non-hydrogen) atoms. The highest BCUT2D eigenvalue weighted by atomic mass is 35.5. The molecule has 198 valence electrons. The third-order valence-electron chi connectivity index (χ3n) is 6.32. The van der Waals surface area contributed by atoms with Crippen molar-refractivity contribution in [3.63, 3.8) is 0 Å². The fourth-order valence-corrected chi connectivity index (χ4v) is 5.89. The molecule has 4 heterocycles. The number of pyridine rings is 2. The van der Waals surface area contributed by atoms with Gasteiger partial charge in [0.25, 0.3) is 11.8 Å². The Morgan fingerprint density at radius 3 is 2.67 bits per heavy atom. The van der Waals surface area contributed by atoms with Crippen molar-refractivity contribution in [3.05, 3.63) is 104 Å². The van der Waals surface area contributed by atoms with Gasteiger partial charge in [0.1, 0.15) is 11.6 Å². The van der Waals surface area contributed by atoms with E-state index in [2.05, 4.69) is 15.3 Å². The second-order valence-electron chi connectivity index (χ2n) is 8.87. The Balaban J connectivity index is 1.41. The minimum absolute atomic E-state index is 0.101. The average molecular weight is 581 g/mol. The van der Waals surface area contributed by atoms with Crippen LogP contribution in [0.25, 0.3) is 0 Å². The second kappa shape index (κ2) is 11.5. The van der Waals surface area contributed by atoms with Gasteiger partial charge in [-0.2, -0.15) is 0 Å². The first kappa shape index (κ1) is 26.8. The molecule has 0 radical (unpaired) electrons. The minimum Gasteiger partial charge on any atom is -0.495 e. The Bertz CT molecular complexity index is 1540. The normalized spacial score (nSPS) is 15.1. The SMILES string of the molecule is COc1ccc(NC(=O)c2ccc(CN3C(=O)c4sc(Cl)cc4CC(=O)C3Cc3ccccn3)cc2Cl)nc1. The molecule has 1 aliphatic heterocycles. The highest BCUT2D eigenvalue weighted by Crippen LogP contribution is 2.33. The number of hydrogen-bond donors (Lipinski definition) is 1. The zero-order chi connectivity index (χ0) is 27.5. The third kappa shape index (κ3) is 5.95. The number of nitrogens with one attached hydrogen (secondary N) is 1. The summed E-state index contributed by atoms with van der Waals surface area (Å²) in [5.41, 5.74) is 2.24. The van der Waals surface area contributed by atoms with Gasteiger partial charge >= 0.3 is 0 Å². The molecule has 4 aromatic rings. The van der Waals surface area contributed by atoms with E-state index in [9.17, 15) is 14.4 Å².